The first-order valence-corrected chi connectivity index (χ1v) is 14.1. The van der Waals surface area contributed by atoms with Crippen LogP contribution in [-0.2, 0) is 0 Å². The van der Waals surface area contributed by atoms with E-state index in [2.05, 4.69) is 27.3 Å². The van der Waals surface area contributed by atoms with Gasteiger partial charge >= 0.3 is 0 Å². The normalized spacial score (nSPS) is 18.3. The van der Waals surface area contributed by atoms with E-state index >= 15 is 4.39 Å². The number of piperidine rings is 1. The number of aliphatic hydroxyl groups is 1. The highest BCUT2D eigenvalue weighted by Gasteiger charge is 2.30. The maximum absolute atomic E-state index is 16.7. The summed E-state index contributed by atoms with van der Waals surface area (Å²) in [5.74, 6) is 1.97. The molecule has 0 amide bonds. The Hall–Kier alpha value is -4.38. The summed E-state index contributed by atoms with van der Waals surface area (Å²) < 4.78 is 31.5. The van der Waals surface area contributed by atoms with Gasteiger partial charge in [-0.05, 0) is 62.7 Å². The number of rotatable bonds is 5. The molecule has 0 bridgehead atoms. The molecule has 8 nitrogen and oxygen atoms in total. The SMILES string of the molecule is C#Cc1c(F)ccc2cc(C#N)cc(-c3ncc4c(N(C)C[C@@H]5CCCN5)nc(N5CCC(C)(O)CC5)nc4c3F)c12. The molecule has 0 radical (unpaired) electrons. The number of terminal acetylenes is 1. The molecule has 2 fully saturated rings. The van der Waals surface area contributed by atoms with E-state index in [0.717, 1.165) is 19.4 Å². The highest BCUT2D eigenvalue weighted by molar-refractivity contribution is 6.03. The van der Waals surface area contributed by atoms with Crippen LogP contribution in [0.15, 0.2) is 30.5 Å². The van der Waals surface area contributed by atoms with Gasteiger partial charge in [0.15, 0.2) is 5.82 Å². The molecule has 1 atom stereocenters. The summed E-state index contributed by atoms with van der Waals surface area (Å²) in [4.78, 5) is 18.0. The minimum Gasteiger partial charge on any atom is -0.390 e. The Labute approximate surface area is 243 Å². The number of halogens is 2. The molecule has 42 heavy (non-hydrogen) atoms. The Morgan fingerprint density at radius 1 is 1.24 bits per heavy atom. The Balaban J connectivity index is 1.56. The zero-order valence-electron chi connectivity index (χ0n) is 23.6. The summed E-state index contributed by atoms with van der Waals surface area (Å²) in [6, 6.07) is 8.20. The van der Waals surface area contributed by atoms with Crippen molar-refractivity contribution in [1.82, 2.24) is 20.3 Å². The molecule has 214 valence electrons. The lowest BCUT2D eigenvalue weighted by molar-refractivity contribution is 0.0349. The minimum atomic E-state index is -0.778. The summed E-state index contributed by atoms with van der Waals surface area (Å²) in [6.45, 7) is 4.47. The van der Waals surface area contributed by atoms with E-state index < -0.39 is 17.2 Å². The fraction of sp³-hybridized carbons (Fsp3) is 0.375. The van der Waals surface area contributed by atoms with E-state index in [-0.39, 0.29) is 33.9 Å². The van der Waals surface area contributed by atoms with Crippen LogP contribution in [0.4, 0.5) is 20.5 Å². The molecule has 0 spiro atoms. The van der Waals surface area contributed by atoms with E-state index in [1.807, 2.05) is 23.8 Å². The lowest BCUT2D eigenvalue weighted by Crippen LogP contribution is -2.43. The Morgan fingerprint density at radius 3 is 2.71 bits per heavy atom. The fourth-order valence-corrected chi connectivity index (χ4v) is 6.00. The molecule has 2 saturated heterocycles. The molecule has 4 heterocycles. The second kappa shape index (κ2) is 10.8. The summed E-state index contributed by atoms with van der Waals surface area (Å²) >= 11 is 0. The Kier molecular flexibility index (Phi) is 7.14. The van der Waals surface area contributed by atoms with Crippen LogP contribution >= 0.6 is 0 Å². The van der Waals surface area contributed by atoms with E-state index in [0.29, 0.717) is 60.4 Å². The standard InChI is InChI=1S/C32H31F2N7O/c1-4-22-25(33)8-7-20-14-19(16-35)15-23(26(20)22)28-27(34)29-24(17-37-28)30(40(3)18-21-6-5-11-36-21)39-31(38-29)41-12-9-32(2,42)10-13-41/h1,7-8,14-15,17,21,36,42H,5-6,9-13,18H2,2-3H3/t21-/m0/s1. The predicted molar refractivity (Wildman–Crippen MR) is 159 cm³/mol. The first-order valence-electron chi connectivity index (χ1n) is 14.1. The largest absolute Gasteiger partial charge is 0.390 e. The van der Waals surface area contributed by atoms with Gasteiger partial charge in [0.05, 0.1) is 28.2 Å². The van der Waals surface area contributed by atoms with Gasteiger partial charge in [0.2, 0.25) is 5.95 Å². The van der Waals surface area contributed by atoms with Crippen LogP contribution in [0.25, 0.3) is 32.9 Å². The molecular formula is C32H31F2N7O. The number of likely N-dealkylation sites (N-methyl/N-ethyl adjacent to an activating group) is 1. The molecule has 0 unspecified atom stereocenters. The first kappa shape index (κ1) is 27.8. The van der Waals surface area contributed by atoms with Crippen LogP contribution in [0, 0.1) is 35.3 Å². The van der Waals surface area contributed by atoms with Gasteiger partial charge in [-0.15, -0.1) is 6.42 Å². The van der Waals surface area contributed by atoms with Crippen molar-refractivity contribution in [3.8, 4) is 29.7 Å². The Morgan fingerprint density at radius 2 is 2.02 bits per heavy atom. The van der Waals surface area contributed by atoms with Gasteiger partial charge in [0.25, 0.3) is 0 Å². The topological polar surface area (TPSA) is 101 Å². The molecule has 0 aliphatic carbocycles. The van der Waals surface area contributed by atoms with Crippen molar-refractivity contribution in [1.29, 1.82) is 5.26 Å². The molecular weight excluding hydrogens is 536 g/mol. The number of pyridine rings is 1. The van der Waals surface area contributed by atoms with Gasteiger partial charge in [0.1, 0.15) is 22.8 Å². The second-order valence-corrected chi connectivity index (χ2v) is 11.5. The quantitative estimate of drug-likeness (QED) is 0.340. The van der Waals surface area contributed by atoms with Crippen molar-refractivity contribution < 1.29 is 13.9 Å². The second-order valence-electron chi connectivity index (χ2n) is 11.5. The van der Waals surface area contributed by atoms with E-state index in [9.17, 15) is 14.8 Å². The summed E-state index contributed by atoms with van der Waals surface area (Å²) in [5, 5.41) is 24.9. The van der Waals surface area contributed by atoms with Gasteiger partial charge < -0.3 is 20.2 Å². The lowest BCUT2D eigenvalue weighted by atomic mass is 9.94. The van der Waals surface area contributed by atoms with Crippen molar-refractivity contribution in [3.63, 3.8) is 0 Å². The summed E-state index contributed by atoms with van der Waals surface area (Å²) in [7, 11) is 1.92. The molecule has 2 aromatic carbocycles. The van der Waals surface area contributed by atoms with Crippen molar-refractivity contribution in [2.24, 2.45) is 0 Å². The molecule has 2 N–H and O–H groups in total. The third-order valence-corrected chi connectivity index (χ3v) is 8.39. The van der Waals surface area contributed by atoms with Gasteiger partial charge in [-0.3, -0.25) is 4.98 Å². The van der Waals surface area contributed by atoms with Crippen molar-refractivity contribution in [3.05, 3.63) is 53.2 Å². The highest BCUT2D eigenvalue weighted by atomic mass is 19.1. The first-order chi connectivity index (χ1) is 20.2. The number of hydrogen-bond acceptors (Lipinski definition) is 8. The zero-order chi connectivity index (χ0) is 29.6. The highest BCUT2D eigenvalue weighted by Crippen LogP contribution is 2.38. The number of anilines is 2. The number of nitrogens with zero attached hydrogens (tertiary/aromatic N) is 6. The van der Waals surface area contributed by atoms with E-state index in [4.69, 9.17) is 11.4 Å². The van der Waals surface area contributed by atoms with E-state index in [1.54, 1.807) is 6.07 Å². The number of nitrogens with one attached hydrogen (secondary N) is 1. The van der Waals surface area contributed by atoms with Gasteiger partial charge in [-0.2, -0.15) is 10.2 Å². The third kappa shape index (κ3) is 4.98. The van der Waals surface area contributed by atoms with Crippen molar-refractivity contribution in [2.75, 3.05) is 43.0 Å². The minimum absolute atomic E-state index is 0.0264. The van der Waals surface area contributed by atoms with Gasteiger partial charge in [-0.1, -0.05) is 12.0 Å². The maximum Gasteiger partial charge on any atom is 0.228 e. The average molecular weight is 568 g/mol. The molecule has 2 aliphatic heterocycles. The van der Waals surface area contributed by atoms with Crippen LogP contribution in [0.3, 0.4) is 0 Å². The lowest BCUT2D eigenvalue weighted by Gasteiger charge is -2.36. The fourth-order valence-electron chi connectivity index (χ4n) is 6.00. The summed E-state index contributed by atoms with van der Waals surface area (Å²) in [6.07, 6.45) is 10.4. The number of benzene rings is 2. The smallest absolute Gasteiger partial charge is 0.228 e. The molecule has 4 aromatic rings. The summed E-state index contributed by atoms with van der Waals surface area (Å²) in [5.41, 5.74) is -0.333. The predicted octanol–water partition coefficient (Wildman–Crippen LogP) is 4.52. The average Bonchev–Trinajstić information content (AvgIpc) is 3.49. The molecule has 2 aliphatic rings. The maximum atomic E-state index is 16.7. The van der Waals surface area contributed by atoms with Crippen LogP contribution < -0.4 is 15.1 Å². The number of fused-ring (bicyclic) bond motifs is 2. The van der Waals surface area contributed by atoms with Crippen LogP contribution in [-0.4, -0.2) is 64.9 Å². The number of nitriles is 1. The third-order valence-electron chi connectivity index (χ3n) is 8.39. The Bertz CT molecular complexity index is 1780. The van der Waals surface area contributed by atoms with Crippen molar-refractivity contribution >= 4 is 33.4 Å². The van der Waals surface area contributed by atoms with Crippen LogP contribution in [0.1, 0.15) is 43.7 Å². The molecule has 2 aromatic heterocycles. The number of hydrogen-bond donors (Lipinski definition) is 2. The zero-order valence-corrected chi connectivity index (χ0v) is 23.6. The van der Waals surface area contributed by atoms with E-state index in [1.165, 1.54) is 24.4 Å². The molecule has 0 saturated carbocycles. The van der Waals surface area contributed by atoms with Gasteiger partial charge in [0, 0.05) is 49.9 Å². The number of aromatic nitrogens is 3. The van der Waals surface area contributed by atoms with Crippen LogP contribution in [0.2, 0.25) is 0 Å². The van der Waals surface area contributed by atoms with Crippen LogP contribution in [0.5, 0.6) is 0 Å². The molecule has 6 rings (SSSR count). The monoisotopic (exact) mass is 567 g/mol. The van der Waals surface area contributed by atoms with Crippen molar-refractivity contribution in [2.45, 2.75) is 44.2 Å². The molecule has 10 heteroatoms. The van der Waals surface area contributed by atoms with Gasteiger partial charge in [-0.25, -0.2) is 13.8 Å².